The first kappa shape index (κ1) is 18.6. The van der Waals surface area contributed by atoms with Crippen LogP contribution in [-0.4, -0.2) is 32.7 Å². The molecule has 0 aromatic rings. The molecule has 2 atom stereocenters. The molecule has 5 heteroatoms. The van der Waals surface area contributed by atoms with Gasteiger partial charge in [0.05, 0.1) is 13.7 Å². The standard InChI is InChI=1S/C17H30N2O3/c1-4-5-6-22-17-10-14(9-15(11-18)19-12-20)7-13(2)8-16(17)21-3/h8,12,14-15H,4-7,9-11,18H2,1-3H3,(H,19,20). The van der Waals surface area contributed by atoms with Gasteiger partial charge in [0, 0.05) is 19.0 Å². The van der Waals surface area contributed by atoms with Gasteiger partial charge < -0.3 is 20.5 Å². The van der Waals surface area contributed by atoms with E-state index in [-0.39, 0.29) is 6.04 Å². The SMILES string of the molecule is CCCCOC1=C(OC)C=C(C)CC(CC(CN)NC=O)C1. The average molecular weight is 310 g/mol. The number of methoxy groups -OCH3 is 1. The second-order valence-corrected chi connectivity index (χ2v) is 5.91. The summed E-state index contributed by atoms with van der Waals surface area (Å²) in [5.74, 6) is 2.13. The number of carbonyl (C=O) groups excluding carboxylic acids is 1. The topological polar surface area (TPSA) is 73.6 Å². The Morgan fingerprint density at radius 3 is 2.86 bits per heavy atom. The van der Waals surface area contributed by atoms with E-state index in [0.717, 1.165) is 50.0 Å². The van der Waals surface area contributed by atoms with Gasteiger partial charge in [-0.15, -0.1) is 0 Å². The summed E-state index contributed by atoms with van der Waals surface area (Å²) in [6.45, 7) is 5.41. The number of unbranched alkanes of at least 4 members (excludes halogenated alkanes) is 1. The molecule has 1 aliphatic carbocycles. The minimum absolute atomic E-state index is 0.0105. The Morgan fingerprint density at radius 2 is 2.27 bits per heavy atom. The Balaban J connectivity index is 2.80. The van der Waals surface area contributed by atoms with E-state index in [2.05, 4.69) is 25.2 Å². The van der Waals surface area contributed by atoms with Crippen LogP contribution in [0.3, 0.4) is 0 Å². The van der Waals surface area contributed by atoms with Crippen molar-refractivity contribution in [1.29, 1.82) is 0 Å². The van der Waals surface area contributed by atoms with Crippen LogP contribution in [0, 0.1) is 5.92 Å². The summed E-state index contributed by atoms with van der Waals surface area (Å²) in [6, 6.07) is 0.0105. The Kier molecular flexibility index (Phi) is 8.67. The molecule has 0 heterocycles. The van der Waals surface area contributed by atoms with Crippen LogP contribution in [0.25, 0.3) is 0 Å². The predicted molar refractivity (Wildman–Crippen MR) is 88.0 cm³/mol. The van der Waals surface area contributed by atoms with E-state index in [1.807, 2.05) is 0 Å². The first-order valence-corrected chi connectivity index (χ1v) is 8.11. The first-order chi connectivity index (χ1) is 10.6. The summed E-state index contributed by atoms with van der Waals surface area (Å²) in [5, 5.41) is 2.79. The van der Waals surface area contributed by atoms with E-state index < -0.39 is 0 Å². The maximum atomic E-state index is 10.7. The molecular weight excluding hydrogens is 280 g/mol. The number of ether oxygens (including phenoxy) is 2. The van der Waals surface area contributed by atoms with Crippen LogP contribution in [0.2, 0.25) is 0 Å². The number of nitrogens with one attached hydrogen (secondary N) is 1. The number of nitrogens with two attached hydrogens (primary N) is 1. The number of amides is 1. The second kappa shape index (κ2) is 10.3. The molecule has 3 N–H and O–H groups in total. The summed E-state index contributed by atoms with van der Waals surface area (Å²) in [7, 11) is 1.68. The number of rotatable bonds is 10. The minimum atomic E-state index is 0.0105. The quantitative estimate of drug-likeness (QED) is 0.480. The fraction of sp³-hybridized carbons (Fsp3) is 0.706. The van der Waals surface area contributed by atoms with Crippen molar-refractivity contribution in [3.05, 3.63) is 23.2 Å². The molecule has 0 bridgehead atoms. The fourth-order valence-corrected chi connectivity index (χ4v) is 2.79. The Labute approximate surface area is 133 Å². The van der Waals surface area contributed by atoms with Gasteiger partial charge in [0.25, 0.3) is 0 Å². The van der Waals surface area contributed by atoms with Crippen LogP contribution in [-0.2, 0) is 14.3 Å². The third-order valence-corrected chi connectivity index (χ3v) is 3.94. The lowest BCUT2D eigenvalue weighted by Crippen LogP contribution is -2.37. The fourth-order valence-electron chi connectivity index (χ4n) is 2.79. The zero-order valence-electron chi connectivity index (χ0n) is 14.1. The van der Waals surface area contributed by atoms with Crippen molar-refractivity contribution in [2.75, 3.05) is 20.3 Å². The maximum absolute atomic E-state index is 10.7. The highest BCUT2D eigenvalue weighted by atomic mass is 16.5. The molecule has 0 spiro atoms. The Bertz CT molecular complexity index is 405. The van der Waals surface area contributed by atoms with Crippen molar-refractivity contribution < 1.29 is 14.3 Å². The summed E-state index contributed by atoms with van der Waals surface area (Å²) >= 11 is 0. The molecule has 1 amide bonds. The van der Waals surface area contributed by atoms with Gasteiger partial charge >= 0.3 is 0 Å². The van der Waals surface area contributed by atoms with E-state index in [1.165, 1.54) is 5.57 Å². The summed E-state index contributed by atoms with van der Waals surface area (Å²) in [6.07, 6.45) is 7.55. The molecule has 0 saturated carbocycles. The van der Waals surface area contributed by atoms with E-state index >= 15 is 0 Å². The van der Waals surface area contributed by atoms with E-state index in [1.54, 1.807) is 7.11 Å². The monoisotopic (exact) mass is 310 g/mol. The third-order valence-electron chi connectivity index (χ3n) is 3.94. The minimum Gasteiger partial charge on any atom is -0.494 e. The van der Waals surface area contributed by atoms with Crippen molar-refractivity contribution >= 4 is 6.41 Å². The number of carbonyl (C=O) groups is 1. The van der Waals surface area contributed by atoms with Crippen molar-refractivity contribution in [2.45, 2.75) is 52.0 Å². The van der Waals surface area contributed by atoms with Crippen LogP contribution in [0.15, 0.2) is 23.2 Å². The van der Waals surface area contributed by atoms with Gasteiger partial charge in [-0.3, -0.25) is 4.79 Å². The maximum Gasteiger partial charge on any atom is 0.207 e. The van der Waals surface area contributed by atoms with Gasteiger partial charge in [-0.25, -0.2) is 0 Å². The lowest BCUT2D eigenvalue weighted by Gasteiger charge is -2.22. The smallest absolute Gasteiger partial charge is 0.207 e. The zero-order valence-corrected chi connectivity index (χ0v) is 14.1. The van der Waals surface area contributed by atoms with Crippen molar-refractivity contribution in [1.82, 2.24) is 5.32 Å². The molecule has 0 saturated heterocycles. The second-order valence-electron chi connectivity index (χ2n) is 5.91. The van der Waals surface area contributed by atoms with E-state index in [9.17, 15) is 4.79 Å². The highest BCUT2D eigenvalue weighted by Crippen LogP contribution is 2.31. The van der Waals surface area contributed by atoms with E-state index in [4.69, 9.17) is 15.2 Å². The Morgan fingerprint density at radius 1 is 1.50 bits per heavy atom. The number of hydrogen-bond acceptors (Lipinski definition) is 4. The molecule has 0 aliphatic heterocycles. The molecule has 0 fully saturated rings. The summed E-state index contributed by atoms with van der Waals surface area (Å²) in [4.78, 5) is 10.7. The first-order valence-electron chi connectivity index (χ1n) is 8.11. The molecule has 0 radical (unpaired) electrons. The summed E-state index contributed by atoms with van der Waals surface area (Å²) in [5.41, 5.74) is 6.99. The van der Waals surface area contributed by atoms with Crippen molar-refractivity contribution in [2.24, 2.45) is 11.7 Å². The Hall–Kier alpha value is -1.49. The van der Waals surface area contributed by atoms with E-state index in [0.29, 0.717) is 19.1 Å². The number of hydrogen-bond donors (Lipinski definition) is 2. The van der Waals surface area contributed by atoms with Gasteiger partial charge in [0.15, 0.2) is 5.76 Å². The van der Waals surface area contributed by atoms with Gasteiger partial charge in [-0.05, 0) is 38.2 Å². The highest BCUT2D eigenvalue weighted by Gasteiger charge is 2.23. The largest absolute Gasteiger partial charge is 0.494 e. The summed E-state index contributed by atoms with van der Waals surface area (Å²) < 4.78 is 11.4. The van der Waals surface area contributed by atoms with Crippen LogP contribution >= 0.6 is 0 Å². The molecule has 5 nitrogen and oxygen atoms in total. The average Bonchev–Trinajstić information content (AvgIpc) is 2.65. The molecule has 0 aromatic carbocycles. The lowest BCUT2D eigenvalue weighted by molar-refractivity contribution is -0.110. The molecule has 22 heavy (non-hydrogen) atoms. The number of allylic oxidation sites excluding steroid dienone is 3. The van der Waals surface area contributed by atoms with Crippen LogP contribution in [0.5, 0.6) is 0 Å². The van der Waals surface area contributed by atoms with Crippen LogP contribution in [0.1, 0.15) is 46.0 Å². The molecular formula is C17H30N2O3. The predicted octanol–water partition coefficient (Wildman–Crippen LogP) is 2.48. The van der Waals surface area contributed by atoms with Crippen LogP contribution < -0.4 is 11.1 Å². The van der Waals surface area contributed by atoms with Crippen molar-refractivity contribution in [3.63, 3.8) is 0 Å². The zero-order chi connectivity index (χ0) is 16.4. The van der Waals surface area contributed by atoms with Gasteiger partial charge in [0.1, 0.15) is 5.76 Å². The normalized spacial score (nSPS) is 20.0. The van der Waals surface area contributed by atoms with Gasteiger partial charge in [-0.1, -0.05) is 18.9 Å². The molecule has 1 aliphatic rings. The molecule has 2 unspecified atom stereocenters. The van der Waals surface area contributed by atoms with Gasteiger partial charge in [0.2, 0.25) is 6.41 Å². The third kappa shape index (κ3) is 6.10. The molecule has 126 valence electrons. The van der Waals surface area contributed by atoms with Crippen molar-refractivity contribution in [3.8, 4) is 0 Å². The molecule has 1 rings (SSSR count). The van der Waals surface area contributed by atoms with Crippen LogP contribution in [0.4, 0.5) is 0 Å². The van der Waals surface area contributed by atoms with Gasteiger partial charge in [-0.2, -0.15) is 0 Å². The highest BCUT2D eigenvalue weighted by molar-refractivity contribution is 5.46. The lowest BCUT2D eigenvalue weighted by atomic mass is 9.91. The molecule has 0 aromatic heterocycles.